The quantitative estimate of drug-likeness (QED) is 0.361. The fraction of sp³-hybridized carbons (Fsp3) is 0.0370. The number of fused-ring (bicyclic) bond motifs is 2. The molecule has 0 saturated carbocycles. The van der Waals surface area contributed by atoms with E-state index in [1.807, 2.05) is 70.9 Å². The van der Waals surface area contributed by atoms with Gasteiger partial charge in [0, 0.05) is 22.7 Å². The van der Waals surface area contributed by atoms with Crippen LogP contribution in [-0.2, 0) is 4.79 Å². The maximum atomic E-state index is 11.8. The van der Waals surface area contributed by atoms with Gasteiger partial charge >= 0.3 is 0 Å². The lowest BCUT2D eigenvalue weighted by molar-refractivity contribution is -0.118. The van der Waals surface area contributed by atoms with Gasteiger partial charge in [0.25, 0.3) is 5.91 Å². The molecule has 35 heavy (non-hydrogen) atoms. The Morgan fingerprint density at radius 1 is 1.06 bits per heavy atom. The number of carbonyl (C=O) groups is 1. The van der Waals surface area contributed by atoms with Crippen molar-refractivity contribution in [3.05, 3.63) is 101 Å². The van der Waals surface area contributed by atoms with Crippen LogP contribution in [0.15, 0.2) is 101 Å². The second-order valence-corrected chi connectivity index (χ2v) is 8.74. The van der Waals surface area contributed by atoms with Gasteiger partial charge < -0.3 is 10.1 Å². The van der Waals surface area contributed by atoms with Crippen molar-refractivity contribution in [1.82, 2.24) is 9.66 Å². The molecule has 1 N–H and O–H groups in total. The first-order valence-corrected chi connectivity index (χ1v) is 11.9. The first-order chi connectivity index (χ1) is 17.2. The molecule has 0 atom stereocenters. The molecule has 1 amide bonds. The van der Waals surface area contributed by atoms with E-state index in [1.54, 1.807) is 12.4 Å². The average Bonchev–Trinajstić information content (AvgIpc) is 3.29. The van der Waals surface area contributed by atoms with E-state index in [1.165, 1.54) is 11.3 Å². The Morgan fingerprint density at radius 3 is 2.89 bits per heavy atom. The van der Waals surface area contributed by atoms with Gasteiger partial charge in [-0.3, -0.25) is 9.78 Å². The summed E-state index contributed by atoms with van der Waals surface area (Å²) in [7, 11) is 0. The molecule has 7 nitrogen and oxygen atoms in total. The normalized spacial score (nSPS) is 13.6. The maximum absolute atomic E-state index is 11.8. The van der Waals surface area contributed by atoms with E-state index in [9.17, 15) is 4.79 Å². The summed E-state index contributed by atoms with van der Waals surface area (Å²) in [6, 6.07) is 23.8. The lowest BCUT2D eigenvalue weighted by Crippen LogP contribution is -2.25. The topological polar surface area (TPSA) is 80.9 Å². The SMILES string of the molecule is O=C1COc2ccc(-c3csc(=Nc4cccnc4)n3N=Cc3cccc4ccccc34)cc2N1. The Bertz CT molecular complexity index is 1650. The number of thiazole rings is 1. The van der Waals surface area contributed by atoms with Crippen molar-refractivity contribution in [2.45, 2.75) is 0 Å². The van der Waals surface area contributed by atoms with Crippen molar-refractivity contribution in [2.75, 3.05) is 11.9 Å². The van der Waals surface area contributed by atoms with Gasteiger partial charge in [-0.2, -0.15) is 5.10 Å². The van der Waals surface area contributed by atoms with E-state index in [0.717, 1.165) is 33.3 Å². The molecule has 0 unspecified atom stereocenters. The number of nitrogens with one attached hydrogen (secondary N) is 1. The molecule has 3 aromatic carbocycles. The number of benzene rings is 3. The minimum Gasteiger partial charge on any atom is -0.482 e. The number of hydrogen-bond acceptors (Lipinski definition) is 6. The van der Waals surface area contributed by atoms with Gasteiger partial charge in [0.1, 0.15) is 5.75 Å². The van der Waals surface area contributed by atoms with Crippen LogP contribution in [0, 0.1) is 0 Å². The maximum Gasteiger partial charge on any atom is 0.262 e. The highest BCUT2D eigenvalue weighted by Crippen LogP contribution is 2.33. The third-order valence-corrected chi connectivity index (χ3v) is 6.42. The summed E-state index contributed by atoms with van der Waals surface area (Å²) in [5, 5.41) is 12.0. The van der Waals surface area contributed by atoms with Crippen LogP contribution < -0.4 is 14.9 Å². The van der Waals surface area contributed by atoms with Crippen LogP contribution in [-0.4, -0.2) is 28.4 Å². The van der Waals surface area contributed by atoms with E-state index in [0.29, 0.717) is 16.2 Å². The summed E-state index contributed by atoms with van der Waals surface area (Å²) in [5.74, 6) is 0.476. The number of amides is 1. The number of rotatable bonds is 4. The lowest BCUT2D eigenvalue weighted by atomic mass is 10.1. The van der Waals surface area contributed by atoms with Gasteiger partial charge in [0.2, 0.25) is 4.80 Å². The highest BCUT2D eigenvalue weighted by atomic mass is 32.1. The molecule has 0 saturated heterocycles. The molecule has 6 rings (SSSR count). The Balaban J connectivity index is 1.49. The number of ether oxygens (including phenoxy) is 1. The summed E-state index contributed by atoms with van der Waals surface area (Å²) < 4.78 is 7.33. The second kappa shape index (κ2) is 9.00. The van der Waals surface area contributed by atoms with E-state index in [2.05, 4.69) is 28.5 Å². The fourth-order valence-electron chi connectivity index (χ4n) is 3.94. The van der Waals surface area contributed by atoms with Crippen molar-refractivity contribution < 1.29 is 9.53 Å². The Morgan fingerprint density at radius 2 is 1.97 bits per heavy atom. The van der Waals surface area contributed by atoms with Crippen LogP contribution in [0.1, 0.15) is 5.56 Å². The van der Waals surface area contributed by atoms with E-state index >= 15 is 0 Å². The van der Waals surface area contributed by atoms with Crippen molar-refractivity contribution in [1.29, 1.82) is 0 Å². The molecule has 0 spiro atoms. The van der Waals surface area contributed by atoms with Crippen molar-refractivity contribution in [3.8, 4) is 17.0 Å². The number of hydrogen-bond donors (Lipinski definition) is 1. The Kier molecular flexibility index (Phi) is 5.40. The molecule has 0 radical (unpaired) electrons. The molecular weight excluding hydrogens is 458 g/mol. The Hall–Kier alpha value is -4.56. The third-order valence-electron chi connectivity index (χ3n) is 5.60. The van der Waals surface area contributed by atoms with E-state index in [4.69, 9.17) is 14.8 Å². The van der Waals surface area contributed by atoms with Crippen molar-refractivity contribution >= 4 is 45.6 Å². The second-order valence-electron chi connectivity index (χ2n) is 7.90. The average molecular weight is 478 g/mol. The summed E-state index contributed by atoms with van der Waals surface area (Å²) in [4.78, 5) is 21.5. The summed E-state index contributed by atoms with van der Waals surface area (Å²) >= 11 is 1.48. The van der Waals surface area contributed by atoms with Gasteiger partial charge in [-0.05, 0) is 41.1 Å². The molecule has 170 valence electrons. The number of carbonyl (C=O) groups excluding carboxylic acids is 1. The first kappa shape index (κ1) is 21.0. The summed E-state index contributed by atoms with van der Waals surface area (Å²) in [6.07, 6.45) is 5.28. The predicted molar refractivity (Wildman–Crippen MR) is 138 cm³/mol. The zero-order valence-electron chi connectivity index (χ0n) is 18.5. The summed E-state index contributed by atoms with van der Waals surface area (Å²) in [5.41, 5.74) is 4.11. The number of aromatic nitrogens is 2. The van der Waals surface area contributed by atoms with Crippen molar-refractivity contribution in [2.24, 2.45) is 10.1 Å². The first-order valence-electron chi connectivity index (χ1n) is 11.0. The largest absolute Gasteiger partial charge is 0.482 e. The summed E-state index contributed by atoms with van der Waals surface area (Å²) in [6.45, 7) is 0.0221. The van der Waals surface area contributed by atoms with Crippen molar-refractivity contribution in [3.63, 3.8) is 0 Å². The monoisotopic (exact) mass is 477 g/mol. The predicted octanol–water partition coefficient (Wildman–Crippen LogP) is 5.21. The van der Waals surface area contributed by atoms with Gasteiger partial charge in [-0.1, -0.05) is 42.5 Å². The third kappa shape index (κ3) is 4.22. The molecular formula is C27H19N5O2S. The van der Waals surface area contributed by atoms with Crippen LogP contribution in [0.25, 0.3) is 22.0 Å². The molecule has 0 aliphatic carbocycles. The van der Waals surface area contributed by atoms with Gasteiger partial charge in [0.15, 0.2) is 6.61 Å². The molecule has 1 aliphatic heterocycles. The van der Waals surface area contributed by atoms with Crippen LogP contribution in [0.2, 0.25) is 0 Å². The lowest BCUT2D eigenvalue weighted by Gasteiger charge is -2.18. The zero-order valence-corrected chi connectivity index (χ0v) is 19.3. The molecule has 2 aromatic heterocycles. The fourth-order valence-corrected chi connectivity index (χ4v) is 4.80. The van der Waals surface area contributed by atoms with E-state index < -0.39 is 0 Å². The number of anilines is 1. The van der Waals surface area contributed by atoms with Gasteiger partial charge in [-0.15, -0.1) is 11.3 Å². The van der Waals surface area contributed by atoms with Crippen LogP contribution in [0.3, 0.4) is 0 Å². The molecule has 0 fully saturated rings. The van der Waals surface area contributed by atoms with Crippen LogP contribution >= 0.6 is 11.3 Å². The number of nitrogens with zero attached hydrogens (tertiary/aromatic N) is 4. The molecule has 0 bridgehead atoms. The standard InChI is InChI=1S/C27H19N5O2S/c33-26-16-34-25-11-10-19(13-23(25)31-26)24-17-35-27(30-21-8-4-12-28-15-21)32(24)29-14-20-7-3-6-18-5-1-2-9-22(18)20/h1-15,17H,16H2,(H,31,33). The highest BCUT2D eigenvalue weighted by molar-refractivity contribution is 7.07. The molecule has 8 heteroatoms. The molecule has 5 aromatic rings. The van der Waals surface area contributed by atoms with Gasteiger partial charge in [0.05, 0.1) is 29.5 Å². The Labute approximate surface area is 204 Å². The van der Waals surface area contributed by atoms with Gasteiger partial charge in [-0.25, -0.2) is 9.67 Å². The number of pyridine rings is 1. The van der Waals surface area contributed by atoms with Crippen LogP contribution in [0.5, 0.6) is 5.75 Å². The molecule has 1 aliphatic rings. The zero-order chi connectivity index (χ0) is 23.6. The van der Waals surface area contributed by atoms with Crippen LogP contribution in [0.4, 0.5) is 11.4 Å². The van der Waals surface area contributed by atoms with E-state index in [-0.39, 0.29) is 12.5 Å². The minimum absolute atomic E-state index is 0.0221. The molecule has 3 heterocycles. The highest BCUT2D eigenvalue weighted by Gasteiger charge is 2.18. The minimum atomic E-state index is -0.172. The smallest absolute Gasteiger partial charge is 0.262 e.